The number of aromatic nitrogens is 2. The van der Waals surface area contributed by atoms with Crippen molar-refractivity contribution in [3.63, 3.8) is 0 Å². The van der Waals surface area contributed by atoms with Crippen LogP contribution < -0.4 is 4.74 Å². The molecule has 0 amide bonds. The fraction of sp³-hybridized carbons (Fsp3) is 0.263. The van der Waals surface area contributed by atoms with Gasteiger partial charge in [-0.05, 0) is 30.3 Å². The highest BCUT2D eigenvalue weighted by atomic mass is 16.5. The fourth-order valence-corrected chi connectivity index (χ4v) is 3.05. The first kappa shape index (κ1) is 14.7. The zero-order valence-electron chi connectivity index (χ0n) is 13.2. The van der Waals surface area contributed by atoms with Crippen LogP contribution in [-0.4, -0.2) is 29.3 Å². The standard InChI is InChI=1S/C19H17N3O2/c20-12-14-11-13(19-16-3-7-21-17(16)4-8-22-19)1-2-18(14)24-15-5-9-23-10-6-15/h1-4,7-8,11,15,21H,5-6,9-10H2. The largest absolute Gasteiger partial charge is 0.489 e. The van der Waals surface area contributed by atoms with Gasteiger partial charge in [-0.3, -0.25) is 4.98 Å². The van der Waals surface area contributed by atoms with Gasteiger partial charge in [-0.1, -0.05) is 0 Å². The second kappa shape index (κ2) is 6.34. The molecule has 120 valence electrons. The van der Waals surface area contributed by atoms with Gasteiger partial charge in [0.05, 0.1) is 24.5 Å². The molecule has 1 saturated heterocycles. The first-order valence-corrected chi connectivity index (χ1v) is 8.06. The topological polar surface area (TPSA) is 70.9 Å². The molecule has 1 fully saturated rings. The zero-order valence-corrected chi connectivity index (χ0v) is 13.2. The molecule has 3 heterocycles. The van der Waals surface area contributed by atoms with Crippen molar-refractivity contribution in [1.29, 1.82) is 5.26 Å². The molecular weight excluding hydrogens is 302 g/mol. The van der Waals surface area contributed by atoms with Crippen LogP contribution >= 0.6 is 0 Å². The normalized spacial score (nSPS) is 15.3. The van der Waals surface area contributed by atoms with Crippen molar-refractivity contribution in [3.8, 4) is 23.1 Å². The lowest BCUT2D eigenvalue weighted by Crippen LogP contribution is -2.26. The number of nitriles is 1. The number of hydrogen-bond acceptors (Lipinski definition) is 4. The van der Waals surface area contributed by atoms with Gasteiger partial charge in [0.15, 0.2) is 0 Å². The Bertz CT molecular complexity index is 904. The highest BCUT2D eigenvalue weighted by molar-refractivity contribution is 5.92. The van der Waals surface area contributed by atoms with Crippen molar-refractivity contribution in [2.24, 2.45) is 0 Å². The minimum absolute atomic E-state index is 0.114. The van der Waals surface area contributed by atoms with E-state index in [9.17, 15) is 5.26 Å². The molecule has 5 heteroatoms. The molecule has 5 nitrogen and oxygen atoms in total. The third kappa shape index (κ3) is 2.72. The van der Waals surface area contributed by atoms with Crippen molar-refractivity contribution >= 4 is 10.9 Å². The van der Waals surface area contributed by atoms with Gasteiger partial charge in [-0.2, -0.15) is 5.26 Å². The summed E-state index contributed by atoms with van der Waals surface area (Å²) in [5.74, 6) is 0.634. The van der Waals surface area contributed by atoms with E-state index in [1.54, 1.807) is 6.20 Å². The summed E-state index contributed by atoms with van der Waals surface area (Å²) in [7, 11) is 0. The van der Waals surface area contributed by atoms with E-state index in [1.165, 1.54) is 0 Å². The monoisotopic (exact) mass is 319 g/mol. The van der Waals surface area contributed by atoms with Crippen molar-refractivity contribution in [2.75, 3.05) is 13.2 Å². The Kier molecular flexibility index (Phi) is 3.89. The smallest absolute Gasteiger partial charge is 0.137 e. The van der Waals surface area contributed by atoms with Crippen LogP contribution in [0.25, 0.3) is 22.2 Å². The molecule has 0 spiro atoms. The van der Waals surface area contributed by atoms with Gasteiger partial charge in [-0.25, -0.2) is 0 Å². The van der Waals surface area contributed by atoms with Crippen LogP contribution in [0.4, 0.5) is 0 Å². The van der Waals surface area contributed by atoms with Gasteiger partial charge in [0.25, 0.3) is 0 Å². The molecule has 2 aromatic heterocycles. The molecule has 0 bridgehead atoms. The highest BCUT2D eigenvalue weighted by Gasteiger charge is 2.17. The lowest BCUT2D eigenvalue weighted by atomic mass is 10.0. The highest BCUT2D eigenvalue weighted by Crippen LogP contribution is 2.30. The van der Waals surface area contributed by atoms with Crippen molar-refractivity contribution < 1.29 is 9.47 Å². The molecule has 1 aliphatic heterocycles. The first-order valence-electron chi connectivity index (χ1n) is 8.06. The van der Waals surface area contributed by atoms with Crippen LogP contribution in [0.5, 0.6) is 5.75 Å². The summed E-state index contributed by atoms with van der Waals surface area (Å²) < 4.78 is 11.4. The van der Waals surface area contributed by atoms with Gasteiger partial charge in [0.1, 0.15) is 17.9 Å². The Balaban J connectivity index is 1.68. The molecule has 3 aromatic rings. The summed E-state index contributed by atoms with van der Waals surface area (Å²) in [5.41, 5.74) is 3.34. The minimum atomic E-state index is 0.114. The number of H-pyrrole nitrogens is 1. The maximum absolute atomic E-state index is 9.51. The van der Waals surface area contributed by atoms with Crippen LogP contribution in [0.15, 0.2) is 42.7 Å². The van der Waals surface area contributed by atoms with E-state index in [0.717, 1.165) is 35.0 Å². The van der Waals surface area contributed by atoms with Crippen molar-refractivity contribution in [2.45, 2.75) is 18.9 Å². The molecule has 24 heavy (non-hydrogen) atoms. The maximum Gasteiger partial charge on any atom is 0.137 e. The molecule has 1 N–H and O–H groups in total. The van der Waals surface area contributed by atoms with E-state index in [0.29, 0.717) is 24.5 Å². The molecule has 0 atom stereocenters. The number of hydrogen-bond donors (Lipinski definition) is 1. The quantitative estimate of drug-likeness (QED) is 0.800. The van der Waals surface area contributed by atoms with Gasteiger partial charge < -0.3 is 14.5 Å². The summed E-state index contributed by atoms with van der Waals surface area (Å²) in [6.45, 7) is 1.42. The Hall–Kier alpha value is -2.84. The predicted molar refractivity (Wildman–Crippen MR) is 90.7 cm³/mol. The number of nitrogens with one attached hydrogen (secondary N) is 1. The Labute approximate surface area is 139 Å². The molecule has 0 aliphatic carbocycles. The van der Waals surface area contributed by atoms with Crippen molar-refractivity contribution in [3.05, 3.63) is 48.3 Å². The Morgan fingerprint density at radius 2 is 2.08 bits per heavy atom. The lowest BCUT2D eigenvalue weighted by molar-refractivity contribution is 0.0254. The van der Waals surface area contributed by atoms with Gasteiger partial charge in [0.2, 0.25) is 0 Å². The Morgan fingerprint density at radius 3 is 2.92 bits per heavy atom. The number of pyridine rings is 1. The van der Waals surface area contributed by atoms with E-state index >= 15 is 0 Å². The zero-order chi connectivity index (χ0) is 16.4. The number of rotatable bonds is 3. The summed E-state index contributed by atoms with van der Waals surface area (Å²) in [6, 6.07) is 11.9. The summed E-state index contributed by atoms with van der Waals surface area (Å²) in [4.78, 5) is 7.67. The third-order valence-corrected chi connectivity index (χ3v) is 4.31. The number of nitrogens with zero attached hydrogens (tertiary/aromatic N) is 2. The SMILES string of the molecule is N#Cc1cc(-c2nccc3[nH]ccc23)ccc1OC1CCOCC1. The van der Waals surface area contributed by atoms with Crippen LogP contribution in [0.2, 0.25) is 0 Å². The van der Waals surface area contributed by atoms with E-state index in [2.05, 4.69) is 16.0 Å². The van der Waals surface area contributed by atoms with Crippen LogP contribution in [0, 0.1) is 11.3 Å². The summed E-state index contributed by atoms with van der Waals surface area (Å²) >= 11 is 0. The fourth-order valence-electron chi connectivity index (χ4n) is 3.05. The Morgan fingerprint density at radius 1 is 1.21 bits per heavy atom. The minimum Gasteiger partial charge on any atom is -0.489 e. The van der Waals surface area contributed by atoms with Crippen LogP contribution in [-0.2, 0) is 4.74 Å². The van der Waals surface area contributed by atoms with Crippen molar-refractivity contribution in [1.82, 2.24) is 9.97 Å². The molecule has 0 unspecified atom stereocenters. The van der Waals surface area contributed by atoms with E-state index in [-0.39, 0.29) is 6.10 Å². The number of fused-ring (bicyclic) bond motifs is 1. The second-order valence-corrected chi connectivity index (χ2v) is 5.85. The molecule has 4 rings (SSSR count). The van der Waals surface area contributed by atoms with E-state index in [4.69, 9.17) is 9.47 Å². The number of aromatic amines is 1. The molecule has 1 aliphatic rings. The average molecular weight is 319 g/mol. The van der Waals surface area contributed by atoms with Crippen LogP contribution in [0.1, 0.15) is 18.4 Å². The molecular formula is C19H17N3O2. The first-order chi connectivity index (χ1) is 11.8. The second-order valence-electron chi connectivity index (χ2n) is 5.85. The van der Waals surface area contributed by atoms with E-state index in [1.807, 2.05) is 36.5 Å². The predicted octanol–water partition coefficient (Wildman–Crippen LogP) is 3.66. The third-order valence-electron chi connectivity index (χ3n) is 4.31. The van der Waals surface area contributed by atoms with Gasteiger partial charge in [0, 0.05) is 41.7 Å². The van der Waals surface area contributed by atoms with Gasteiger partial charge >= 0.3 is 0 Å². The lowest BCUT2D eigenvalue weighted by Gasteiger charge is -2.23. The summed E-state index contributed by atoms with van der Waals surface area (Å²) in [5, 5.41) is 10.6. The number of ether oxygens (including phenoxy) is 2. The van der Waals surface area contributed by atoms with E-state index < -0.39 is 0 Å². The van der Waals surface area contributed by atoms with Gasteiger partial charge in [-0.15, -0.1) is 0 Å². The average Bonchev–Trinajstić information content (AvgIpc) is 3.12. The molecule has 0 radical (unpaired) electrons. The summed E-state index contributed by atoms with van der Waals surface area (Å²) in [6.07, 6.45) is 5.49. The van der Waals surface area contributed by atoms with Crippen LogP contribution in [0.3, 0.4) is 0 Å². The molecule has 0 saturated carbocycles. The number of benzene rings is 1. The molecule has 1 aromatic carbocycles. The maximum atomic E-state index is 9.51.